The first-order chi connectivity index (χ1) is 9.51. The van der Waals surface area contributed by atoms with Crippen LogP contribution in [0.4, 0.5) is 8.78 Å². The van der Waals surface area contributed by atoms with Crippen molar-refractivity contribution in [3.63, 3.8) is 0 Å². The Balaban J connectivity index is 2.27. The minimum atomic E-state index is -1.23. The van der Waals surface area contributed by atoms with Gasteiger partial charge in [0.05, 0.1) is 18.8 Å². The molecule has 0 radical (unpaired) electrons. The summed E-state index contributed by atoms with van der Waals surface area (Å²) in [7, 11) is 1.33. The molecule has 106 valence electrons. The van der Waals surface area contributed by atoms with Crippen molar-refractivity contribution in [1.82, 2.24) is 0 Å². The van der Waals surface area contributed by atoms with E-state index in [2.05, 4.69) is 0 Å². The second kappa shape index (κ2) is 6.01. The van der Waals surface area contributed by atoms with E-state index in [0.29, 0.717) is 0 Å². The number of ether oxygens (including phenoxy) is 1. The average molecular weight is 278 g/mol. The molecular weight excluding hydrogens is 262 g/mol. The van der Waals surface area contributed by atoms with E-state index >= 15 is 0 Å². The molecule has 0 aliphatic heterocycles. The topological polar surface area (TPSA) is 29.5 Å². The summed E-state index contributed by atoms with van der Waals surface area (Å²) >= 11 is 0. The molecule has 0 saturated carbocycles. The van der Waals surface area contributed by atoms with Crippen LogP contribution in [0.5, 0.6) is 5.75 Å². The van der Waals surface area contributed by atoms with Crippen LogP contribution in [0.25, 0.3) is 0 Å². The fourth-order valence-corrected chi connectivity index (χ4v) is 2.16. The Morgan fingerprint density at radius 1 is 1.15 bits per heavy atom. The SMILES string of the molecule is COc1cc(F)c(C(O)Cc2cccc(C)c2)c(F)c1. The minimum absolute atomic E-state index is 0.0894. The summed E-state index contributed by atoms with van der Waals surface area (Å²) < 4.78 is 32.5. The average Bonchev–Trinajstić information content (AvgIpc) is 2.37. The fraction of sp³-hybridized carbons (Fsp3) is 0.250. The lowest BCUT2D eigenvalue weighted by atomic mass is 9.99. The number of hydrogen-bond acceptors (Lipinski definition) is 2. The van der Waals surface area contributed by atoms with Gasteiger partial charge < -0.3 is 9.84 Å². The van der Waals surface area contributed by atoms with Gasteiger partial charge in [0.15, 0.2) is 0 Å². The number of aliphatic hydroxyl groups excluding tert-OH is 1. The van der Waals surface area contributed by atoms with E-state index in [1.807, 2.05) is 31.2 Å². The summed E-state index contributed by atoms with van der Waals surface area (Å²) in [5, 5.41) is 10.1. The number of benzene rings is 2. The number of halogens is 2. The number of rotatable bonds is 4. The van der Waals surface area contributed by atoms with Crippen LogP contribution in [-0.2, 0) is 6.42 Å². The summed E-state index contributed by atoms with van der Waals surface area (Å²) in [4.78, 5) is 0. The quantitative estimate of drug-likeness (QED) is 0.926. The van der Waals surface area contributed by atoms with Gasteiger partial charge in [-0.25, -0.2) is 8.78 Å². The van der Waals surface area contributed by atoms with E-state index in [0.717, 1.165) is 23.3 Å². The molecule has 0 saturated heterocycles. The van der Waals surface area contributed by atoms with Crippen LogP contribution in [0.1, 0.15) is 22.8 Å². The predicted molar refractivity (Wildman–Crippen MR) is 72.8 cm³/mol. The van der Waals surface area contributed by atoms with E-state index in [4.69, 9.17) is 4.74 Å². The first kappa shape index (κ1) is 14.5. The van der Waals surface area contributed by atoms with Gasteiger partial charge in [-0.15, -0.1) is 0 Å². The van der Waals surface area contributed by atoms with Crippen LogP contribution in [0.3, 0.4) is 0 Å². The minimum Gasteiger partial charge on any atom is -0.497 e. The molecule has 0 amide bonds. The monoisotopic (exact) mass is 278 g/mol. The smallest absolute Gasteiger partial charge is 0.135 e. The lowest BCUT2D eigenvalue weighted by Crippen LogP contribution is -2.08. The summed E-state index contributed by atoms with van der Waals surface area (Å²) in [5.41, 5.74) is 1.53. The van der Waals surface area contributed by atoms with Crippen LogP contribution >= 0.6 is 0 Å². The van der Waals surface area contributed by atoms with Crippen molar-refractivity contribution in [3.8, 4) is 5.75 Å². The van der Waals surface area contributed by atoms with Gasteiger partial charge in [0.1, 0.15) is 17.4 Å². The Hall–Kier alpha value is -1.94. The highest BCUT2D eigenvalue weighted by Gasteiger charge is 2.20. The fourth-order valence-electron chi connectivity index (χ4n) is 2.16. The van der Waals surface area contributed by atoms with Crippen LogP contribution in [0.2, 0.25) is 0 Å². The van der Waals surface area contributed by atoms with Crippen molar-refractivity contribution < 1.29 is 18.6 Å². The Labute approximate surface area is 116 Å². The van der Waals surface area contributed by atoms with Crippen LogP contribution in [-0.4, -0.2) is 12.2 Å². The van der Waals surface area contributed by atoms with Gasteiger partial charge in [-0.2, -0.15) is 0 Å². The second-order valence-corrected chi connectivity index (χ2v) is 4.71. The van der Waals surface area contributed by atoms with E-state index in [1.54, 1.807) is 0 Å². The zero-order chi connectivity index (χ0) is 14.7. The van der Waals surface area contributed by atoms with Crippen molar-refractivity contribution in [1.29, 1.82) is 0 Å². The molecule has 0 aromatic heterocycles. The van der Waals surface area contributed by atoms with Crippen molar-refractivity contribution in [2.75, 3.05) is 7.11 Å². The molecule has 0 bridgehead atoms. The molecule has 4 heteroatoms. The molecule has 2 aromatic rings. The molecule has 1 N–H and O–H groups in total. The zero-order valence-corrected chi connectivity index (χ0v) is 11.4. The molecule has 2 rings (SSSR count). The van der Waals surface area contributed by atoms with Crippen LogP contribution in [0, 0.1) is 18.6 Å². The van der Waals surface area contributed by atoms with Gasteiger partial charge >= 0.3 is 0 Å². The Morgan fingerprint density at radius 2 is 1.80 bits per heavy atom. The van der Waals surface area contributed by atoms with Crippen molar-refractivity contribution in [2.45, 2.75) is 19.4 Å². The largest absolute Gasteiger partial charge is 0.497 e. The molecule has 0 spiro atoms. The van der Waals surface area contributed by atoms with Gasteiger partial charge in [0, 0.05) is 18.6 Å². The lowest BCUT2D eigenvalue weighted by molar-refractivity contribution is 0.168. The number of hydrogen-bond donors (Lipinski definition) is 1. The maximum absolute atomic E-state index is 13.9. The Morgan fingerprint density at radius 3 is 2.35 bits per heavy atom. The van der Waals surface area contributed by atoms with Gasteiger partial charge in [-0.1, -0.05) is 29.8 Å². The normalized spacial score (nSPS) is 12.2. The summed E-state index contributed by atoms with van der Waals surface area (Å²) in [6.07, 6.45) is -1.08. The molecule has 0 aliphatic carbocycles. The number of methoxy groups -OCH3 is 1. The number of aryl methyl sites for hydroxylation is 1. The Kier molecular flexibility index (Phi) is 4.35. The third-order valence-corrected chi connectivity index (χ3v) is 3.13. The third kappa shape index (κ3) is 3.14. The molecule has 1 atom stereocenters. The summed E-state index contributed by atoms with van der Waals surface area (Å²) in [6, 6.07) is 9.59. The maximum atomic E-state index is 13.9. The van der Waals surface area contributed by atoms with Gasteiger partial charge in [-0.05, 0) is 12.5 Å². The predicted octanol–water partition coefficient (Wildman–Crippen LogP) is 3.56. The van der Waals surface area contributed by atoms with E-state index in [1.165, 1.54) is 7.11 Å². The van der Waals surface area contributed by atoms with Crippen LogP contribution < -0.4 is 4.74 Å². The van der Waals surface area contributed by atoms with Crippen LogP contribution in [0.15, 0.2) is 36.4 Å². The molecule has 2 nitrogen and oxygen atoms in total. The highest BCUT2D eigenvalue weighted by Crippen LogP contribution is 2.28. The summed E-state index contributed by atoms with van der Waals surface area (Å²) in [5.74, 6) is -1.52. The first-order valence-corrected chi connectivity index (χ1v) is 6.28. The molecule has 0 heterocycles. The number of aliphatic hydroxyl groups is 1. The molecule has 1 unspecified atom stereocenters. The maximum Gasteiger partial charge on any atom is 0.135 e. The van der Waals surface area contributed by atoms with Crippen molar-refractivity contribution in [2.24, 2.45) is 0 Å². The van der Waals surface area contributed by atoms with E-state index in [-0.39, 0.29) is 17.7 Å². The van der Waals surface area contributed by atoms with E-state index in [9.17, 15) is 13.9 Å². The van der Waals surface area contributed by atoms with E-state index < -0.39 is 17.7 Å². The summed E-state index contributed by atoms with van der Waals surface area (Å²) in [6.45, 7) is 1.92. The highest BCUT2D eigenvalue weighted by atomic mass is 19.1. The van der Waals surface area contributed by atoms with Crippen molar-refractivity contribution >= 4 is 0 Å². The molecule has 0 fully saturated rings. The van der Waals surface area contributed by atoms with Gasteiger partial charge in [0.25, 0.3) is 0 Å². The van der Waals surface area contributed by atoms with Crippen molar-refractivity contribution in [3.05, 3.63) is 64.7 Å². The molecule has 20 heavy (non-hydrogen) atoms. The lowest BCUT2D eigenvalue weighted by Gasteiger charge is -2.14. The second-order valence-electron chi connectivity index (χ2n) is 4.71. The molecular formula is C16H16F2O2. The standard InChI is InChI=1S/C16H16F2O2/c1-10-4-3-5-11(6-10)7-15(19)16-13(17)8-12(20-2)9-14(16)18/h3-6,8-9,15,19H,7H2,1-2H3. The van der Waals surface area contributed by atoms with Gasteiger partial charge in [-0.3, -0.25) is 0 Å². The zero-order valence-electron chi connectivity index (χ0n) is 11.4. The molecule has 2 aromatic carbocycles. The first-order valence-electron chi connectivity index (χ1n) is 6.28. The van der Waals surface area contributed by atoms with Gasteiger partial charge in [0.2, 0.25) is 0 Å². The molecule has 0 aliphatic rings. The Bertz CT molecular complexity index is 588. The third-order valence-electron chi connectivity index (χ3n) is 3.13. The highest BCUT2D eigenvalue weighted by molar-refractivity contribution is 5.33.